The second-order valence-electron chi connectivity index (χ2n) is 31.0. The van der Waals surface area contributed by atoms with Crippen molar-refractivity contribution in [3.63, 3.8) is 0 Å². The van der Waals surface area contributed by atoms with Crippen LogP contribution in [0.4, 0.5) is 0 Å². The molecule has 0 atom stereocenters. The number of rotatable bonds is 16. The third-order valence-electron chi connectivity index (χ3n) is 14.7. The Labute approximate surface area is 503 Å². The lowest BCUT2D eigenvalue weighted by Crippen LogP contribution is -2.43. The molecule has 0 spiro atoms. The average Bonchev–Trinajstić information content (AvgIpc) is 1.70. The highest BCUT2D eigenvalue weighted by molar-refractivity contribution is 5.89. The minimum absolute atomic E-state index is 0.186. The molecule has 0 amide bonds. The Kier molecular flexibility index (Phi) is 21.4. The first-order valence-corrected chi connectivity index (χ1v) is 29.2. The molecule has 0 radical (unpaired) electrons. The summed E-state index contributed by atoms with van der Waals surface area (Å²) in [5.74, 6) is -2.60. The maximum atomic E-state index is 14.0. The predicted molar refractivity (Wildman–Crippen MR) is 343 cm³/mol. The largest absolute Gasteiger partial charge is 0.507 e. The normalized spacial score (nSPS) is 13.6. The van der Waals surface area contributed by atoms with E-state index in [1.165, 1.54) is 24.3 Å². The van der Waals surface area contributed by atoms with Gasteiger partial charge in [0.2, 0.25) is 0 Å². The summed E-state index contributed by atoms with van der Waals surface area (Å²) < 4.78 is 23.9. The Bertz CT molecular complexity index is 2780. The molecule has 0 saturated carbocycles. The van der Waals surface area contributed by atoms with Crippen LogP contribution in [0.1, 0.15) is 233 Å². The molecule has 4 aromatic carbocycles. The smallest absolute Gasteiger partial charge is 0.330 e. The van der Waals surface area contributed by atoms with Gasteiger partial charge in [0.15, 0.2) is 0 Å². The molecular weight excluding hydrogens is 1050 g/mol. The van der Waals surface area contributed by atoms with Crippen LogP contribution in [-0.2, 0) is 81.4 Å². The molecule has 0 bridgehead atoms. The first-order valence-electron chi connectivity index (χ1n) is 29.2. The predicted octanol–water partition coefficient (Wildman–Crippen LogP) is 16.5. The Balaban J connectivity index is 1.86. The van der Waals surface area contributed by atoms with Crippen molar-refractivity contribution in [3.8, 4) is 17.2 Å². The molecule has 3 N–H and O–H groups in total. The lowest BCUT2D eigenvalue weighted by molar-refractivity contribution is -0.164. The summed E-state index contributed by atoms with van der Waals surface area (Å²) in [5.41, 5.74) is 4.42. The number of ether oxygens (including phenoxy) is 4. The summed E-state index contributed by atoms with van der Waals surface area (Å²) in [4.78, 5) is 55.9. The molecular formula is C73H100O11. The summed E-state index contributed by atoms with van der Waals surface area (Å²) >= 11 is 0. The zero-order valence-corrected chi connectivity index (χ0v) is 55.3. The third kappa shape index (κ3) is 19.6. The van der Waals surface area contributed by atoms with Crippen LogP contribution in [0.15, 0.2) is 78.9 Å². The van der Waals surface area contributed by atoms with Crippen LogP contribution < -0.4 is 0 Å². The van der Waals surface area contributed by atoms with Gasteiger partial charge in [0.05, 0.1) is 0 Å². The topological polar surface area (TPSA) is 166 Å². The van der Waals surface area contributed by atoms with Gasteiger partial charge in [-0.25, -0.2) is 19.2 Å². The maximum Gasteiger partial charge on any atom is 0.330 e. The highest BCUT2D eigenvalue weighted by Gasteiger charge is 2.38. The molecule has 0 aliphatic rings. The van der Waals surface area contributed by atoms with Crippen molar-refractivity contribution in [1.82, 2.24) is 0 Å². The molecule has 458 valence electrons. The van der Waals surface area contributed by atoms with Crippen LogP contribution in [0.3, 0.4) is 0 Å². The van der Waals surface area contributed by atoms with E-state index in [-0.39, 0.29) is 28.1 Å². The molecule has 11 heteroatoms. The fourth-order valence-corrected chi connectivity index (χ4v) is 9.30. The van der Waals surface area contributed by atoms with Gasteiger partial charge in [-0.1, -0.05) is 184 Å². The summed E-state index contributed by atoms with van der Waals surface area (Å²) in [6.07, 6.45) is 11.5. The Hall–Kier alpha value is -6.88. The number of benzene rings is 4. The van der Waals surface area contributed by atoms with Gasteiger partial charge in [0, 0.05) is 57.7 Å². The van der Waals surface area contributed by atoms with Gasteiger partial charge in [0.1, 0.15) is 49.1 Å². The monoisotopic (exact) mass is 1150 g/mol. The van der Waals surface area contributed by atoms with Gasteiger partial charge in [-0.05, 0) is 137 Å². The summed E-state index contributed by atoms with van der Waals surface area (Å²) in [5, 5.41) is 34.2. The number of phenols is 3. The molecule has 11 nitrogen and oxygen atoms in total. The zero-order chi connectivity index (χ0) is 64.1. The van der Waals surface area contributed by atoms with E-state index in [0.717, 1.165) is 16.7 Å². The molecule has 84 heavy (non-hydrogen) atoms. The fourth-order valence-electron chi connectivity index (χ4n) is 9.30. The van der Waals surface area contributed by atoms with Crippen molar-refractivity contribution in [1.29, 1.82) is 0 Å². The number of carbonyl (C=O) groups is 4. The van der Waals surface area contributed by atoms with E-state index in [0.29, 0.717) is 50.1 Å². The number of hydrogen-bond acceptors (Lipinski definition) is 11. The van der Waals surface area contributed by atoms with Crippen molar-refractivity contribution >= 4 is 48.2 Å². The summed E-state index contributed by atoms with van der Waals surface area (Å²) in [7, 11) is 0. The Morgan fingerprint density at radius 2 is 0.476 bits per heavy atom. The van der Waals surface area contributed by atoms with E-state index >= 15 is 0 Å². The summed E-state index contributed by atoms with van der Waals surface area (Å²) in [6.45, 7) is 46.5. The van der Waals surface area contributed by atoms with Crippen molar-refractivity contribution in [3.05, 3.63) is 146 Å². The molecule has 0 heterocycles. The van der Waals surface area contributed by atoms with Gasteiger partial charge in [-0.2, -0.15) is 0 Å². The van der Waals surface area contributed by atoms with Gasteiger partial charge in [-0.3, -0.25) is 0 Å². The number of aromatic hydroxyl groups is 3. The minimum Gasteiger partial charge on any atom is -0.507 e. The molecule has 0 aromatic heterocycles. The van der Waals surface area contributed by atoms with Crippen molar-refractivity contribution in [2.75, 3.05) is 26.4 Å². The highest BCUT2D eigenvalue weighted by atomic mass is 16.6. The van der Waals surface area contributed by atoms with Crippen LogP contribution in [0.25, 0.3) is 24.3 Å². The molecule has 0 fully saturated rings. The number of carbonyl (C=O) groups excluding carboxylic acids is 4. The van der Waals surface area contributed by atoms with E-state index in [1.807, 2.05) is 173 Å². The van der Waals surface area contributed by atoms with Gasteiger partial charge in [-0.15, -0.1) is 0 Å². The van der Waals surface area contributed by atoms with Crippen LogP contribution in [-0.4, -0.2) is 65.6 Å². The SMILES string of the molecule is CC(C)(C)c1cc(/C=C/C(=O)OCC(COC(=O)/C=C/c2cc(C(C)(C)C)c(O)c(C(C)(C)C)c2)(COC(=O)/C=C/c2cc(C(C)(C)C)c(O)c(C(C)(C)C)c2)COC(=O)/C=C/c2cc(C(C)(C)C)c(O)c(C(C)(C)C)c2)cc(C(C)(C)C)c1. The van der Waals surface area contributed by atoms with Crippen LogP contribution in [0, 0.1) is 5.41 Å². The first-order chi connectivity index (χ1) is 38.0. The third-order valence-corrected chi connectivity index (χ3v) is 14.7. The minimum atomic E-state index is -1.68. The first kappa shape index (κ1) is 69.6. The number of hydrogen-bond donors (Lipinski definition) is 3. The van der Waals surface area contributed by atoms with Gasteiger partial charge >= 0.3 is 23.9 Å². The average molecular weight is 1150 g/mol. The van der Waals surface area contributed by atoms with E-state index in [9.17, 15) is 34.5 Å². The molecule has 0 aliphatic carbocycles. The van der Waals surface area contributed by atoms with Gasteiger partial charge < -0.3 is 34.3 Å². The zero-order valence-electron chi connectivity index (χ0n) is 55.3. The van der Waals surface area contributed by atoms with Crippen LogP contribution in [0.2, 0.25) is 0 Å². The second kappa shape index (κ2) is 25.8. The quantitative estimate of drug-likeness (QED) is 0.0555. The maximum absolute atomic E-state index is 14.0. The van der Waals surface area contributed by atoms with E-state index in [2.05, 4.69) is 47.6 Å². The molecule has 4 rings (SSSR count). The van der Waals surface area contributed by atoms with E-state index in [4.69, 9.17) is 18.9 Å². The summed E-state index contributed by atoms with van der Waals surface area (Å²) in [6, 6.07) is 17.2. The van der Waals surface area contributed by atoms with Crippen molar-refractivity contribution < 1.29 is 53.4 Å². The van der Waals surface area contributed by atoms with Crippen molar-refractivity contribution in [2.24, 2.45) is 5.41 Å². The standard InChI is InChI=1S/C73H100O11/c1-65(2,3)50-33-46(34-51(41-50)66(4,5)6)25-29-58(74)81-42-73(43-82-59(75)30-26-47-35-52(67(7,8)9)62(78)53(36-47)68(10,11)12,44-83-60(76)31-27-48-37-54(69(13,14)15)63(79)55(38-48)70(16,17)18)45-84-61(77)32-28-49-39-56(71(19,20)21)64(80)57(40-49)72(22,23)24/h25-41,78-80H,42-45H2,1-24H3/b29-25+,30-26+,31-27+,32-28+. The molecule has 0 saturated heterocycles. The molecule has 0 unspecified atom stereocenters. The van der Waals surface area contributed by atoms with Crippen LogP contribution >= 0.6 is 0 Å². The second-order valence-corrected chi connectivity index (χ2v) is 31.0. The highest BCUT2D eigenvalue weighted by Crippen LogP contribution is 2.43. The van der Waals surface area contributed by atoms with E-state index in [1.54, 1.807) is 24.3 Å². The fraction of sp³-hybridized carbons (Fsp3) is 0.507. The van der Waals surface area contributed by atoms with Crippen LogP contribution in [0.5, 0.6) is 17.2 Å². The lowest BCUT2D eigenvalue weighted by Gasteiger charge is -2.31. The molecule has 4 aromatic rings. The van der Waals surface area contributed by atoms with Gasteiger partial charge in [0.25, 0.3) is 0 Å². The number of esters is 4. The molecule has 0 aliphatic heterocycles. The van der Waals surface area contributed by atoms with E-state index < -0.39 is 88.2 Å². The number of phenolic OH excluding ortho intramolecular Hbond substituents is 3. The Morgan fingerprint density at radius 3 is 0.643 bits per heavy atom. The Morgan fingerprint density at radius 1 is 0.298 bits per heavy atom. The lowest BCUT2D eigenvalue weighted by atomic mass is 9.78. The van der Waals surface area contributed by atoms with Crippen molar-refractivity contribution in [2.45, 2.75) is 209 Å².